The minimum absolute atomic E-state index is 0.00856. The topological polar surface area (TPSA) is 143 Å². The number of carbonyl (C=O) groups is 2. The Morgan fingerprint density at radius 3 is 2.52 bits per heavy atom. The van der Waals surface area contributed by atoms with E-state index in [1.807, 2.05) is 57.2 Å². The number of benzene rings is 1. The van der Waals surface area contributed by atoms with Gasteiger partial charge in [0.2, 0.25) is 0 Å². The van der Waals surface area contributed by atoms with E-state index in [9.17, 15) is 18.0 Å². The molecule has 3 aromatic heterocycles. The number of sulfone groups is 1. The molecule has 1 aromatic carbocycles. The first-order valence-corrected chi connectivity index (χ1v) is 17.1. The third-order valence-electron chi connectivity index (χ3n) is 8.46. The molecule has 1 spiro atoms. The molecule has 2 fully saturated rings. The minimum atomic E-state index is -3.46. The SMILES string of the molecule is Cc1ccc(C(=O)NCc2cc3nc(-c4cccc(N5CC(NC(=O)OC(C)(C)C)C6(CC6)C5)n4)ccc3cn2)cc1S(C)(=O)=O. The molecule has 6 rings (SSSR count). The predicted octanol–water partition coefficient (Wildman–Crippen LogP) is 4.83. The molecule has 1 aliphatic heterocycles. The number of alkyl carbamates (subject to hydrolysis) is 1. The van der Waals surface area contributed by atoms with Gasteiger partial charge in [0.25, 0.3) is 5.91 Å². The minimum Gasteiger partial charge on any atom is -0.444 e. The second-order valence-electron chi connectivity index (χ2n) is 13.3. The number of ether oxygens (including phenoxy) is 1. The van der Waals surface area contributed by atoms with Gasteiger partial charge in [-0.3, -0.25) is 9.78 Å². The van der Waals surface area contributed by atoms with Crippen LogP contribution in [0.2, 0.25) is 0 Å². The van der Waals surface area contributed by atoms with Crippen LogP contribution < -0.4 is 15.5 Å². The Balaban J connectivity index is 1.16. The molecule has 1 unspecified atom stereocenters. The molecule has 1 atom stereocenters. The van der Waals surface area contributed by atoms with Crippen LogP contribution in [0.25, 0.3) is 22.3 Å². The van der Waals surface area contributed by atoms with Crippen molar-refractivity contribution in [3.8, 4) is 11.4 Å². The Bertz CT molecular complexity index is 1950. The van der Waals surface area contributed by atoms with Gasteiger partial charge in [0.05, 0.1) is 40.1 Å². The summed E-state index contributed by atoms with van der Waals surface area (Å²) in [5, 5.41) is 6.77. The summed E-state index contributed by atoms with van der Waals surface area (Å²) in [4.78, 5) is 42.0. The number of amides is 2. The highest BCUT2D eigenvalue weighted by atomic mass is 32.2. The number of nitrogens with zero attached hydrogens (tertiary/aromatic N) is 4. The Morgan fingerprint density at radius 1 is 1.04 bits per heavy atom. The number of rotatable bonds is 7. The third kappa shape index (κ3) is 6.81. The lowest BCUT2D eigenvalue weighted by Crippen LogP contribution is -2.44. The quantitative estimate of drug-likeness (QED) is 0.290. The second kappa shape index (κ2) is 11.7. The molecule has 1 saturated heterocycles. The van der Waals surface area contributed by atoms with Crippen molar-refractivity contribution < 1.29 is 22.7 Å². The summed E-state index contributed by atoms with van der Waals surface area (Å²) < 4.78 is 29.7. The summed E-state index contributed by atoms with van der Waals surface area (Å²) in [6.07, 6.45) is 4.55. The summed E-state index contributed by atoms with van der Waals surface area (Å²) >= 11 is 0. The summed E-state index contributed by atoms with van der Waals surface area (Å²) in [6.45, 7) is 8.88. The van der Waals surface area contributed by atoms with Crippen LogP contribution >= 0.6 is 0 Å². The molecule has 2 aliphatic rings. The van der Waals surface area contributed by atoms with E-state index in [1.165, 1.54) is 6.07 Å². The first-order chi connectivity index (χ1) is 21.7. The number of fused-ring (bicyclic) bond motifs is 1. The molecule has 0 bridgehead atoms. The van der Waals surface area contributed by atoms with Crippen molar-refractivity contribution in [2.75, 3.05) is 24.2 Å². The fourth-order valence-corrected chi connectivity index (χ4v) is 6.91. The van der Waals surface area contributed by atoms with Gasteiger partial charge in [-0.2, -0.15) is 0 Å². The molecule has 12 heteroatoms. The Hall–Kier alpha value is -4.58. The second-order valence-corrected chi connectivity index (χ2v) is 15.3. The van der Waals surface area contributed by atoms with Crippen molar-refractivity contribution in [3.63, 3.8) is 0 Å². The number of nitrogens with one attached hydrogen (secondary N) is 2. The number of hydrogen-bond donors (Lipinski definition) is 2. The maximum Gasteiger partial charge on any atom is 0.407 e. The van der Waals surface area contributed by atoms with Crippen molar-refractivity contribution in [2.45, 2.75) is 63.6 Å². The molecule has 1 aliphatic carbocycles. The maximum absolute atomic E-state index is 12.8. The van der Waals surface area contributed by atoms with Crippen LogP contribution in [0.15, 0.2) is 65.7 Å². The van der Waals surface area contributed by atoms with Gasteiger partial charge in [-0.25, -0.2) is 23.2 Å². The maximum atomic E-state index is 12.8. The molecule has 4 aromatic rings. The molecule has 46 heavy (non-hydrogen) atoms. The van der Waals surface area contributed by atoms with Crippen molar-refractivity contribution >= 4 is 38.6 Å². The number of aryl methyl sites for hydroxylation is 1. The molecular formula is C34H38N6O5S. The van der Waals surface area contributed by atoms with E-state index in [4.69, 9.17) is 14.7 Å². The third-order valence-corrected chi connectivity index (χ3v) is 9.70. The van der Waals surface area contributed by atoms with Crippen molar-refractivity contribution in [1.82, 2.24) is 25.6 Å². The average molecular weight is 643 g/mol. The van der Waals surface area contributed by atoms with Crippen molar-refractivity contribution in [2.24, 2.45) is 5.41 Å². The predicted molar refractivity (Wildman–Crippen MR) is 175 cm³/mol. The molecule has 4 heterocycles. The molecule has 2 amide bonds. The number of aromatic nitrogens is 3. The van der Waals surface area contributed by atoms with E-state index < -0.39 is 27.4 Å². The van der Waals surface area contributed by atoms with Crippen LogP contribution in [0.5, 0.6) is 0 Å². The number of hydrogen-bond acceptors (Lipinski definition) is 9. The highest BCUT2D eigenvalue weighted by Gasteiger charge is 2.56. The van der Waals surface area contributed by atoms with Crippen LogP contribution in [-0.2, 0) is 21.1 Å². The zero-order chi connectivity index (χ0) is 32.9. The largest absolute Gasteiger partial charge is 0.444 e. The fourth-order valence-electron chi connectivity index (χ4n) is 5.91. The number of anilines is 1. The van der Waals surface area contributed by atoms with Gasteiger partial charge in [-0.1, -0.05) is 12.1 Å². The summed E-state index contributed by atoms with van der Waals surface area (Å²) in [6, 6.07) is 16.2. The van der Waals surface area contributed by atoms with Gasteiger partial charge in [0, 0.05) is 41.9 Å². The molecule has 1 saturated carbocycles. The van der Waals surface area contributed by atoms with E-state index in [1.54, 1.807) is 25.3 Å². The first kappa shape index (κ1) is 31.4. The zero-order valence-corrected chi connectivity index (χ0v) is 27.4. The zero-order valence-electron chi connectivity index (χ0n) is 26.6. The van der Waals surface area contributed by atoms with Gasteiger partial charge in [0.1, 0.15) is 11.4 Å². The van der Waals surface area contributed by atoms with E-state index in [0.29, 0.717) is 29.0 Å². The van der Waals surface area contributed by atoms with Crippen LogP contribution in [-0.4, -0.2) is 66.4 Å². The van der Waals surface area contributed by atoms with Gasteiger partial charge in [0.15, 0.2) is 9.84 Å². The van der Waals surface area contributed by atoms with Gasteiger partial charge in [-0.15, -0.1) is 0 Å². The van der Waals surface area contributed by atoms with Crippen molar-refractivity contribution in [3.05, 3.63) is 77.6 Å². The average Bonchev–Trinajstić information content (AvgIpc) is 3.69. The van der Waals surface area contributed by atoms with Gasteiger partial charge < -0.3 is 20.3 Å². The van der Waals surface area contributed by atoms with E-state index in [2.05, 4.69) is 20.5 Å². The molecule has 2 N–H and O–H groups in total. The Labute approximate surface area is 268 Å². The van der Waals surface area contributed by atoms with E-state index in [-0.39, 0.29) is 28.5 Å². The summed E-state index contributed by atoms with van der Waals surface area (Å²) in [7, 11) is -3.46. The fraction of sp³-hybridized carbons (Fsp3) is 0.382. The van der Waals surface area contributed by atoms with Gasteiger partial charge in [-0.05, 0) is 88.6 Å². The van der Waals surface area contributed by atoms with E-state index in [0.717, 1.165) is 42.5 Å². The first-order valence-electron chi connectivity index (χ1n) is 15.3. The van der Waals surface area contributed by atoms with Gasteiger partial charge >= 0.3 is 6.09 Å². The van der Waals surface area contributed by atoms with Crippen molar-refractivity contribution in [1.29, 1.82) is 0 Å². The Morgan fingerprint density at radius 2 is 1.80 bits per heavy atom. The van der Waals surface area contributed by atoms with E-state index >= 15 is 0 Å². The lowest BCUT2D eigenvalue weighted by atomic mass is 10.0. The molecule has 11 nitrogen and oxygen atoms in total. The summed E-state index contributed by atoms with van der Waals surface area (Å²) in [5.41, 5.74) is 3.08. The number of pyridine rings is 3. The lowest BCUT2D eigenvalue weighted by molar-refractivity contribution is 0.0493. The molecule has 0 radical (unpaired) electrons. The molecular weight excluding hydrogens is 604 g/mol. The van der Waals surface area contributed by atoms with Crippen LogP contribution in [0.1, 0.15) is 55.2 Å². The Kier molecular flexibility index (Phi) is 7.95. The van der Waals surface area contributed by atoms with Crippen LogP contribution in [0, 0.1) is 12.3 Å². The number of carbonyl (C=O) groups excluding carboxylic acids is 2. The standard InChI is InChI=1S/C34H38N6O5S/c1-21-9-10-22(15-28(21)46(5,43)44)31(41)36-18-24-16-27-23(17-35-24)11-12-26(37-27)25-7-6-8-30(38-25)40-19-29(34(20-40)13-14-34)39-32(42)45-33(2,3)4/h6-12,15-17,29H,13-14,18-20H2,1-5H3,(H,36,41)(H,39,42). The van der Waals surface area contributed by atoms with Crippen LogP contribution in [0.4, 0.5) is 10.6 Å². The smallest absolute Gasteiger partial charge is 0.407 e. The highest BCUT2D eigenvalue weighted by Crippen LogP contribution is 2.53. The lowest BCUT2D eigenvalue weighted by Gasteiger charge is -2.23. The van der Waals surface area contributed by atoms with Crippen LogP contribution in [0.3, 0.4) is 0 Å². The molecule has 240 valence electrons. The normalized spacial score (nSPS) is 17.2. The highest BCUT2D eigenvalue weighted by molar-refractivity contribution is 7.90. The summed E-state index contributed by atoms with van der Waals surface area (Å²) in [5.74, 6) is 0.431. The monoisotopic (exact) mass is 642 g/mol.